The summed E-state index contributed by atoms with van der Waals surface area (Å²) < 4.78 is 39.7. The number of likely N-dealkylation sites (N-methyl/N-ethyl adjacent to an activating group) is 1. The number of benzene rings is 1. The fourth-order valence-electron chi connectivity index (χ4n) is 3.72. The molecule has 0 bridgehead atoms. The summed E-state index contributed by atoms with van der Waals surface area (Å²) in [6.45, 7) is 3.13. The van der Waals surface area contributed by atoms with Gasteiger partial charge in [-0.15, -0.1) is 28.0 Å². The Kier molecular flexibility index (Phi) is 8.37. The van der Waals surface area contributed by atoms with E-state index in [2.05, 4.69) is 32.8 Å². The first-order valence-corrected chi connectivity index (χ1v) is 13.2. The van der Waals surface area contributed by atoms with Crippen LogP contribution in [-0.4, -0.2) is 65.7 Å². The Bertz CT molecular complexity index is 1260. The number of fused-ring (bicyclic) bond motifs is 1. The van der Waals surface area contributed by atoms with Crippen LogP contribution < -0.4 is 18.6 Å². The summed E-state index contributed by atoms with van der Waals surface area (Å²) in [5.74, 6) is 1.92. The van der Waals surface area contributed by atoms with Gasteiger partial charge < -0.3 is 19.3 Å². The van der Waals surface area contributed by atoms with Crippen LogP contribution in [0.4, 0.5) is 5.82 Å². The number of piperazine rings is 1. The van der Waals surface area contributed by atoms with Crippen molar-refractivity contribution in [3.8, 4) is 22.8 Å². The highest BCUT2D eigenvalue weighted by Crippen LogP contribution is 2.45. The van der Waals surface area contributed by atoms with Gasteiger partial charge in [0.15, 0.2) is 0 Å². The van der Waals surface area contributed by atoms with Gasteiger partial charge in [-0.1, -0.05) is 0 Å². The Morgan fingerprint density at radius 3 is 2.45 bits per heavy atom. The summed E-state index contributed by atoms with van der Waals surface area (Å²) in [4.78, 5) is 9.39. The van der Waals surface area contributed by atoms with Crippen LogP contribution in [0.3, 0.4) is 0 Å². The smallest absolute Gasteiger partial charge is 0.256 e. The third-order valence-electron chi connectivity index (χ3n) is 5.43. The standard InChI is InChI=1S/C20H22BrClN4O4S2.ClH/c1-25-6-8-26(9-7-25)20-17-16(31-19(21)18(17)32(27,28)24-22)11-14(23-20)13-10-12(29-2)4-5-15(13)30-3;/h4-5,10-11,24H,6-9H2,1-3H3;1H. The van der Waals surface area contributed by atoms with Gasteiger partial charge in [0.05, 0.1) is 29.1 Å². The maximum Gasteiger partial charge on any atom is 0.256 e. The summed E-state index contributed by atoms with van der Waals surface area (Å²) in [6.07, 6.45) is 0. The zero-order chi connectivity index (χ0) is 23.0. The molecule has 4 rings (SSSR count). The van der Waals surface area contributed by atoms with Gasteiger partial charge in [0.25, 0.3) is 10.0 Å². The number of hydrogen-bond acceptors (Lipinski definition) is 8. The number of rotatable bonds is 6. The van der Waals surface area contributed by atoms with Crippen molar-refractivity contribution < 1.29 is 17.9 Å². The first-order chi connectivity index (χ1) is 15.3. The summed E-state index contributed by atoms with van der Waals surface area (Å²) in [6, 6.07) is 7.38. The summed E-state index contributed by atoms with van der Waals surface area (Å²) >= 11 is 10.3. The summed E-state index contributed by atoms with van der Waals surface area (Å²) in [5, 5.41) is 0.546. The lowest BCUT2D eigenvalue weighted by molar-refractivity contribution is 0.312. The van der Waals surface area contributed by atoms with E-state index in [0.29, 0.717) is 32.2 Å². The van der Waals surface area contributed by atoms with E-state index < -0.39 is 10.0 Å². The highest BCUT2D eigenvalue weighted by molar-refractivity contribution is 9.11. The molecule has 1 aliphatic rings. The lowest BCUT2D eigenvalue weighted by atomic mass is 10.1. The van der Waals surface area contributed by atoms with E-state index in [1.54, 1.807) is 14.2 Å². The van der Waals surface area contributed by atoms with Gasteiger partial charge in [-0.3, -0.25) is 0 Å². The number of nitrogens with one attached hydrogen (secondary N) is 1. The Hall–Kier alpha value is -1.34. The molecule has 1 fully saturated rings. The predicted octanol–water partition coefficient (Wildman–Crippen LogP) is 4.35. The molecule has 2 aromatic heterocycles. The van der Waals surface area contributed by atoms with E-state index in [1.807, 2.05) is 28.5 Å². The van der Waals surface area contributed by atoms with Crippen molar-refractivity contribution >= 4 is 77.4 Å². The Morgan fingerprint density at radius 1 is 1.15 bits per heavy atom. The molecule has 1 aliphatic heterocycles. The average molecular weight is 598 g/mol. The van der Waals surface area contributed by atoms with E-state index >= 15 is 0 Å². The largest absolute Gasteiger partial charge is 0.497 e. The number of thiophene rings is 1. The molecule has 33 heavy (non-hydrogen) atoms. The number of anilines is 1. The lowest BCUT2D eigenvalue weighted by Gasteiger charge is -2.34. The van der Waals surface area contributed by atoms with Crippen LogP contribution in [0.5, 0.6) is 11.5 Å². The Labute approximate surface area is 216 Å². The number of aromatic nitrogens is 1. The Balaban J connectivity index is 0.00000306. The van der Waals surface area contributed by atoms with Gasteiger partial charge in [-0.05, 0) is 59.0 Å². The number of nitrogens with zero attached hydrogens (tertiary/aromatic N) is 3. The quantitative estimate of drug-likeness (QED) is 0.423. The second kappa shape index (κ2) is 10.5. The monoisotopic (exact) mass is 596 g/mol. The van der Waals surface area contributed by atoms with Gasteiger partial charge in [0.2, 0.25) is 0 Å². The molecule has 1 saturated heterocycles. The van der Waals surface area contributed by atoms with Crippen LogP contribution in [0, 0.1) is 0 Å². The van der Waals surface area contributed by atoms with Crippen LogP contribution >= 0.6 is 51.5 Å². The Morgan fingerprint density at radius 2 is 1.85 bits per heavy atom. The topological polar surface area (TPSA) is 84.0 Å². The molecule has 3 heterocycles. The zero-order valence-corrected chi connectivity index (χ0v) is 22.9. The lowest BCUT2D eigenvalue weighted by Crippen LogP contribution is -2.45. The SMILES string of the molecule is COc1ccc(OC)c(-c2cc3sc(Br)c(S(=O)(=O)NCl)c3c(N3CCN(C)CC3)n2)c1.Cl. The van der Waals surface area contributed by atoms with Crippen LogP contribution in [0.15, 0.2) is 32.9 Å². The minimum Gasteiger partial charge on any atom is -0.497 e. The minimum atomic E-state index is -3.93. The second-order valence-electron chi connectivity index (χ2n) is 7.35. The van der Waals surface area contributed by atoms with Crippen molar-refractivity contribution in [2.75, 3.05) is 52.3 Å². The molecule has 0 spiro atoms. The molecule has 0 atom stereocenters. The van der Waals surface area contributed by atoms with Crippen molar-refractivity contribution in [3.05, 3.63) is 28.1 Å². The third-order valence-corrected chi connectivity index (χ3v) is 9.38. The van der Waals surface area contributed by atoms with Crippen LogP contribution in [-0.2, 0) is 10.0 Å². The van der Waals surface area contributed by atoms with E-state index in [4.69, 9.17) is 26.2 Å². The molecule has 180 valence electrons. The van der Waals surface area contributed by atoms with Crippen LogP contribution in [0.25, 0.3) is 21.3 Å². The molecule has 0 unspecified atom stereocenters. The summed E-state index contributed by atoms with van der Waals surface area (Å²) in [5.41, 5.74) is 1.42. The van der Waals surface area contributed by atoms with E-state index in [0.717, 1.165) is 36.4 Å². The predicted molar refractivity (Wildman–Crippen MR) is 139 cm³/mol. The normalized spacial score (nSPS) is 14.9. The second-order valence-corrected chi connectivity index (χ2v) is 11.7. The van der Waals surface area contributed by atoms with Gasteiger partial charge in [-0.25, -0.2) is 13.4 Å². The summed E-state index contributed by atoms with van der Waals surface area (Å²) in [7, 11) is 1.34. The van der Waals surface area contributed by atoms with Crippen LogP contribution in [0.2, 0.25) is 0 Å². The molecule has 0 saturated carbocycles. The van der Waals surface area contributed by atoms with E-state index in [1.165, 1.54) is 11.3 Å². The van der Waals surface area contributed by atoms with Crippen molar-refractivity contribution in [3.63, 3.8) is 0 Å². The van der Waals surface area contributed by atoms with Crippen molar-refractivity contribution in [2.24, 2.45) is 0 Å². The van der Waals surface area contributed by atoms with Crippen molar-refractivity contribution in [2.45, 2.75) is 4.90 Å². The van der Waals surface area contributed by atoms with Crippen molar-refractivity contribution in [1.29, 1.82) is 0 Å². The number of hydrogen-bond donors (Lipinski definition) is 1. The maximum atomic E-state index is 12.8. The molecule has 0 radical (unpaired) electrons. The van der Waals surface area contributed by atoms with Gasteiger partial charge in [0.1, 0.15) is 22.2 Å². The highest BCUT2D eigenvalue weighted by Gasteiger charge is 2.29. The van der Waals surface area contributed by atoms with Crippen LogP contribution in [0.1, 0.15) is 0 Å². The minimum absolute atomic E-state index is 0. The highest BCUT2D eigenvalue weighted by atomic mass is 79.9. The molecule has 0 amide bonds. The first-order valence-electron chi connectivity index (χ1n) is 9.70. The first kappa shape index (κ1) is 26.3. The zero-order valence-electron chi connectivity index (χ0n) is 18.1. The fourth-order valence-corrected chi connectivity index (χ4v) is 7.44. The molecule has 0 aliphatic carbocycles. The number of sulfonamides is 1. The van der Waals surface area contributed by atoms with Crippen molar-refractivity contribution in [1.82, 2.24) is 14.1 Å². The number of methoxy groups -OCH3 is 2. The molecule has 3 aromatic rings. The fraction of sp³-hybridized carbons (Fsp3) is 0.350. The third kappa shape index (κ3) is 5.04. The number of halogens is 3. The molecule has 13 heteroatoms. The molecule has 1 N–H and O–H groups in total. The number of ether oxygens (including phenoxy) is 2. The van der Waals surface area contributed by atoms with E-state index in [-0.39, 0.29) is 17.3 Å². The molecular weight excluding hydrogens is 575 g/mol. The van der Waals surface area contributed by atoms with Gasteiger partial charge in [0, 0.05) is 36.4 Å². The average Bonchev–Trinajstić information content (AvgIpc) is 3.15. The number of pyridine rings is 1. The molecule has 8 nitrogen and oxygen atoms in total. The van der Waals surface area contributed by atoms with Gasteiger partial charge in [-0.2, -0.15) is 0 Å². The maximum absolute atomic E-state index is 12.8. The van der Waals surface area contributed by atoms with E-state index in [9.17, 15) is 8.42 Å². The molecule has 1 aromatic carbocycles. The molecular formula is C20H23BrCl2N4O4S2. The van der Waals surface area contributed by atoms with Gasteiger partial charge >= 0.3 is 0 Å².